The van der Waals surface area contributed by atoms with Crippen LogP contribution in [0.4, 0.5) is 18.9 Å². The topological polar surface area (TPSA) is 102 Å². The fourth-order valence-electron chi connectivity index (χ4n) is 3.29. The molecule has 1 aromatic carbocycles. The number of nitrogens with one attached hydrogen (secondary N) is 1. The molecule has 1 aromatic heterocycles. The maximum atomic E-state index is 13.3. The second-order valence-corrected chi connectivity index (χ2v) is 7.00. The Morgan fingerprint density at radius 3 is 2.69 bits per heavy atom. The van der Waals surface area contributed by atoms with Gasteiger partial charge < -0.3 is 15.8 Å². The first-order chi connectivity index (χ1) is 13.6. The number of halogens is 3. The van der Waals surface area contributed by atoms with E-state index in [0.29, 0.717) is 11.3 Å². The van der Waals surface area contributed by atoms with Gasteiger partial charge in [0.2, 0.25) is 5.88 Å². The lowest BCUT2D eigenvalue weighted by molar-refractivity contribution is -0.179. The maximum absolute atomic E-state index is 13.3. The van der Waals surface area contributed by atoms with Crippen LogP contribution < -0.4 is 15.8 Å². The van der Waals surface area contributed by atoms with Crippen molar-refractivity contribution >= 4 is 17.4 Å². The van der Waals surface area contributed by atoms with Crippen molar-refractivity contribution in [3.8, 4) is 5.88 Å². The first-order valence-electron chi connectivity index (χ1n) is 8.79. The molecule has 0 bridgehead atoms. The van der Waals surface area contributed by atoms with E-state index in [-0.39, 0.29) is 30.3 Å². The number of amides is 1. The number of benzene rings is 1. The van der Waals surface area contributed by atoms with Gasteiger partial charge in [0.15, 0.2) is 0 Å². The van der Waals surface area contributed by atoms with Crippen LogP contribution in [-0.2, 0) is 5.54 Å². The summed E-state index contributed by atoms with van der Waals surface area (Å²) in [5.41, 5.74) is 5.55. The first kappa shape index (κ1) is 20.6. The molecule has 3 N–H and O–H groups in total. The Morgan fingerprint density at radius 2 is 2.07 bits per heavy atom. The number of amidine groups is 1. The minimum atomic E-state index is -4.36. The van der Waals surface area contributed by atoms with Gasteiger partial charge in [0.05, 0.1) is 36.8 Å². The summed E-state index contributed by atoms with van der Waals surface area (Å²) in [6.45, 7) is 1.60. The van der Waals surface area contributed by atoms with Crippen molar-refractivity contribution in [3.05, 3.63) is 47.9 Å². The lowest BCUT2D eigenvalue weighted by atomic mass is 9.79. The lowest BCUT2D eigenvalue weighted by Gasteiger charge is -2.36. The van der Waals surface area contributed by atoms with Gasteiger partial charge in [-0.1, -0.05) is 12.1 Å². The standard InChI is InChI=1S/C19H20F3N5O2/c1-18(8-12(19(20,21)22)7-15(23)27-18)11-4-3-5-13(6-11)26-17(28)14-9-25-16(29-2)10-24-14/h3-6,9-10,12H,7-8H2,1-2H3,(H2,23,27)(H,26,28)/t12-,18+/m1/s1. The monoisotopic (exact) mass is 407 g/mol. The highest BCUT2D eigenvalue weighted by atomic mass is 19.4. The number of nitrogens with two attached hydrogens (primary N) is 1. The fraction of sp³-hybridized carbons (Fsp3) is 0.368. The molecule has 0 saturated carbocycles. The molecule has 0 radical (unpaired) electrons. The van der Waals surface area contributed by atoms with E-state index < -0.39 is 23.5 Å². The van der Waals surface area contributed by atoms with E-state index >= 15 is 0 Å². The minimum Gasteiger partial charge on any atom is -0.480 e. The van der Waals surface area contributed by atoms with Gasteiger partial charge in [-0.05, 0) is 31.0 Å². The smallest absolute Gasteiger partial charge is 0.392 e. The molecule has 0 saturated heterocycles. The summed E-state index contributed by atoms with van der Waals surface area (Å²) in [6.07, 6.45) is -2.33. The van der Waals surface area contributed by atoms with Gasteiger partial charge in [-0.15, -0.1) is 0 Å². The summed E-state index contributed by atoms with van der Waals surface area (Å²) < 4.78 is 44.7. The Bertz CT molecular complexity index is 930. The Morgan fingerprint density at radius 1 is 1.31 bits per heavy atom. The van der Waals surface area contributed by atoms with Crippen molar-refractivity contribution in [2.75, 3.05) is 12.4 Å². The number of carbonyl (C=O) groups is 1. The average Bonchev–Trinajstić information content (AvgIpc) is 2.67. The number of hydrogen-bond donors (Lipinski definition) is 2. The number of carbonyl (C=O) groups excluding carboxylic acids is 1. The van der Waals surface area contributed by atoms with Gasteiger partial charge in [0, 0.05) is 12.1 Å². The van der Waals surface area contributed by atoms with E-state index in [4.69, 9.17) is 10.5 Å². The largest absolute Gasteiger partial charge is 0.480 e. The number of aromatic nitrogens is 2. The molecule has 0 spiro atoms. The van der Waals surface area contributed by atoms with Gasteiger partial charge in [-0.3, -0.25) is 9.79 Å². The molecule has 2 aromatic rings. The number of ether oxygens (including phenoxy) is 1. The predicted molar refractivity (Wildman–Crippen MR) is 101 cm³/mol. The summed E-state index contributed by atoms with van der Waals surface area (Å²) in [5.74, 6) is -1.85. The molecule has 0 fully saturated rings. The zero-order valence-corrected chi connectivity index (χ0v) is 15.8. The normalized spacial score (nSPS) is 22.0. The van der Waals surface area contributed by atoms with Gasteiger partial charge >= 0.3 is 6.18 Å². The van der Waals surface area contributed by atoms with Crippen LogP contribution >= 0.6 is 0 Å². The SMILES string of the molecule is COc1cnc(C(=O)Nc2cccc([C@]3(C)C[C@H](C(F)(F)F)CC(N)=N3)c2)cn1. The van der Waals surface area contributed by atoms with Crippen LogP contribution in [0.5, 0.6) is 5.88 Å². The number of rotatable bonds is 4. The molecule has 3 rings (SSSR count). The van der Waals surface area contributed by atoms with Crippen molar-refractivity contribution in [3.63, 3.8) is 0 Å². The Kier molecular flexibility index (Phi) is 5.45. The molecule has 1 amide bonds. The Labute approximate surface area is 165 Å². The number of alkyl halides is 3. The summed E-state index contributed by atoms with van der Waals surface area (Å²) in [7, 11) is 1.43. The highest BCUT2D eigenvalue weighted by Gasteiger charge is 2.47. The summed E-state index contributed by atoms with van der Waals surface area (Å²) in [6, 6.07) is 6.51. The summed E-state index contributed by atoms with van der Waals surface area (Å²) in [5, 5.41) is 2.66. The van der Waals surface area contributed by atoms with Crippen LogP contribution in [0.25, 0.3) is 0 Å². The van der Waals surface area contributed by atoms with Crippen LogP contribution in [0.1, 0.15) is 35.8 Å². The Balaban J connectivity index is 1.83. The van der Waals surface area contributed by atoms with Crippen LogP contribution in [-0.4, -0.2) is 35.0 Å². The van der Waals surface area contributed by atoms with Crippen molar-refractivity contribution < 1.29 is 22.7 Å². The van der Waals surface area contributed by atoms with Crippen molar-refractivity contribution in [1.82, 2.24) is 9.97 Å². The van der Waals surface area contributed by atoms with Crippen molar-refractivity contribution in [1.29, 1.82) is 0 Å². The minimum absolute atomic E-state index is 0.0379. The molecule has 2 heterocycles. The zero-order chi connectivity index (χ0) is 21.2. The number of anilines is 1. The average molecular weight is 407 g/mol. The highest BCUT2D eigenvalue weighted by molar-refractivity contribution is 6.02. The number of nitrogens with zero attached hydrogens (tertiary/aromatic N) is 3. The van der Waals surface area contributed by atoms with Gasteiger partial charge in [-0.25, -0.2) is 9.97 Å². The van der Waals surface area contributed by atoms with Crippen LogP contribution in [0.15, 0.2) is 41.7 Å². The second kappa shape index (κ2) is 7.69. The van der Waals surface area contributed by atoms with E-state index in [0.717, 1.165) is 0 Å². The second-order valence-electron chi connectivity index (χ2n) is 7.00. The third-order valence-corrected chi connectivity index (χ3v) is 4.76. The van der Waals surface area contributed by atoms with E-state index in [9.17, 15) is 18.0 Å². The fourth-order valence-corrected chi connectivity index (χ4v) is 3.29. The molecule has 7 nitrogen and oxygen atoms in total. The molecule has 154 valence electrons. The van der Waals surface area contributed by atoms with E-state index in [1.54, 1.807) is 31.2 Å². The maximum Gasteiger partial charge on any atom is 0.392 e. The molecular formula is C19H20F3N5O2. The van der Waals surface area contributed by atoms with E-state index in [2.05, 4.69) is 20.3 Å². The van der Waals surface area contributed by atoms with Crippen molar-refractivity contribution in [2.45, 2.75) is 31.5 Å². The van der Waals surface area contributed by atoms with Crippen LogP contribution in [0, 0.1) is 5.92 Å². The number of methoxy groups -OCH3 is 1. The van der Waals surface area contributed by atoms with Crippen molar-refractivity contribution in [2.24, 2.45) is 16.6 Å². The van der Waals surface area contributed by atoms with Gasteiger partial charge in [0.1, 0.15) is 5.69 Å². The number of hydrogen-bond acceptors (Lipinski definition) is 6. The summed E-state index contributed by atoms with van der Waals surface area (Å²) in [4.78, 5) is 24.5. The molecule has 0 aliphatic carbocycles. The third-order valence-electron chi connectivity index (χ3n) is 4.76. The lowest BCUT2D eigenvalue weighted by Crippen LogP contribution is -2.40. The number of aliphatic imine (C=N–C) groups is 1. The Hall–Kier alpha value is -3.17. The third kappa shape index (κ3) is 4.64. The molecule has 2 atom stereocenters. The molecule has 10 heteroatoms. The van der Waals surface area contributed by atoms with E-state index in [1.165, 1.54) is 19.5 Å². The van der Waals surface area contributed by atoms with Gasteiger partial charge in [0.25, 0.3) is 5.91 Å². The molecule has 1 aliphatic heterocycles. The molecular weight excluding hydrogens is 387 g/mol. The van der Waals surface area contributed by atoms with E-state index in [1.807, 2.05) is 0 Å². The quantitative estimate of drug-likeness (QED) is 0.810. The molecule has 0 unspecified atom stereocenters. The van der Waals surface area contributed by atoms with Gasteiger partial charge in [-0.2, -0.15) is 13.2 Å². The van der Waals surface area contributed by atoms with Crippen LogP contribution in [0.2, 0.25) is 0 Å². The molecule has 29 heavy (non-hydrogen) atoms. The highest BCUT2D eigenvalue weighted by Crippen LogP contribution is 2.44. The van der Waals surface area contributed by atoms with Crippen LogP contribution in [0.3, 0.4) is 0 Å². The predicted octanol–water partition coefficient (Wildman–Crippen LogP) is 3.28. The molecule has 1 aliphatic rings. The first-order valence-corrected chi connectivity index (χ1v) is 8.79. The zero-order valence-electron chi connectivity index (χ0n) is 15.8. The summed E-state index contributed by atoms with van der Waals surface area (Å²) >= 11 is 0.